The predicted molar refractivity (Wildman–Crippen MR) is 96.0 cm³/mol. The Morgan fingerprint density at radius 1 is 0.920 bits per heavy atom. The zero-order valence-electron chi connectivity index (χ0n) is 13.8. The van der Waals surface area contributed by atoms with E-state index in [0.717, 1.165) is 11.1 Å². The second-order valence-corrected chi connectivity index (χ2v) is 5.95. The Balaban J connectivity index is 1.67. The van der Waals surface area contributed by atoms with Gasteiger partial charge in [0.25, 0.3) is 0 Å². The van der Waals surface area contributed by atoms with Gasteiger partial charge in [-0.15, -0.1) is 0 Å². The molecule has 1 amide bonds. The fourth-order valence-corrected chi connectivity index (χ4v) is 2.85. The molecule has 0 unspecified atom stereocenters. The Kier molecular flexibility index (Phi) is 5.65. The summed E-state index contributed by atoms with van der Waals surface area (Å²) in [6.45, 7) is 0.161. The molecule has 25 heavy (non-hydrogen) atoms. The molecule has 0 aliphatic heterocycles. The second-order valence-electron chi connectivity index (χ2n) is 5.95. The molecular formula is C21H21NO3. The molecule has 128 valence electrons. The Morgan fingerprint density at radius 3 is 2.04 bits per heavy atom. The Bertz CT molecular complexity index is 730. The average Bonchev–Trinajstić information content (AvgIpc) is 3.20. The van der Waals surface area contributed by atoms with Gasteiger partial charge in [0.2, 0.25) is 5.91 Å². The molecule has 0 spiro atoms. The van der Waals surface area contributed by atoms with E-state index in [2.05, 4.69) is 5.32 Å². The molecule has 1 atom stereocenters. The molecule has 2 aromatic carbocycles. The summed E-state index contributed by atoms with van der Waals surface area (Å²) in [5, 5.41) is 12.9. The number of aliphatic hydroxyl groups is 1. The fraction of sp³-hybridized carbons (Fsp3) is 0.190. The normalized spacial score (nSPS) is 12.1. The molecule has 0 saturated carbocycles. The maximum absolute atomic E-state index is 12.4. The average molecular weight is 335 g/mol. The molecule has 1 aromatic heterocycles. The van der Waals surface area contributed by atoms with Crippen LogP contribution in [0.1, 0.15) is 35.1 Å². The summed E-state index contributed by atoms with van der Waals surface area (Å²) in [6, 6.07) is 21.7. The van der Waals surface area contributed by atoms with Gasteiger partial charge in [-0.3, -0.25) is 4.79 Å². The van der Waals surface area contributed by atoms with Gasteiger partial charge in [0.1, 0.15) is 0 Å². The van der Waals surface area contributed by atoms with Crippen LogP contribution in [0.2, 0.25) is 0 Å². The zero-order valence-corrected chi connectivity index (χ0v) is 13.8. The monoisotopic (exact) mass is 335 g/mol. The van der Waals surface area contributed by atoms with Crippen molar-refractivity contribution in [3.05, 3.63) is 95.9 Å². The van der Waals surface area contributed by atoms with Gasteiger partial charge >= 0.3 is 0 Å². The Hall–Kier alpha value is -2.85. The molecule has 0 saturated heterocycles. The third-order valence-electron chi connectivity index (χ3n) is 4.21. The lowest BCUT2D eigenvalue weighted by molar-refractivity contribution is -0.121. The van der Waals surface area contributed by atoms with Gasteiger partial charge in [0.15, 0.2) is 0 Å². The number of benzene rings is 2. The van der Waals surface area contributed by atoms with E-state index in [1.54, 1.807) is 6.07 Å². The van der Waals surface area contributed by atoms with Crippen LogP contribution in [0.3, 0.4) is 0 Å². The van der Waals surface area contributed by atoms with Crippen LogP contribution in [0.5, 0.6) is 0 Å². The maximum Gasteiger partial charge on any atom is 0.221 e. The molecule has 0 radical (unpaired) electrons. The number of hydrogen-bond acceptors (Lipinski definition) is 3. The van der Waals surface area contributed by atoms with Crippen LogP contribution in [0.15, 0.2) is 83.7 Å². The van der Waals surface area contributed by atoms with Crippen LogP contribution in [0.25, 0.3) is 0 Å². The van der Waals surface area contributed by atoms with Crippen molar-refractivity contribution in [3.63, 3.8) is 0 Å². The molecule has 2 N–H and O–H groups in total. The minimum atomic E-state index is -0.769. The van der Waals surface area contributed by atoms with Crippen molar-refractivity contribution in [3.8, 4) is 0 Å². The van der Waals surface area contributed by atoms with Crippen LogP contribution in [-0.4, -0.2) is 17.6 Å². The first-order valence-corrected chi connectivity index (χ1v) is 8.31. The highest BCUT2D eigenvalue weighted by atomic mass is 16.3. The smallest absolute Gasteiger partial charge is 0.221 e. The molecule has 0 fully saturated rings. The van der Waals surface area contributed by atoms with E-state index in [1.165, 1.54) is 12.5 Å². The standard InChI is InChI=1S/C21H21NO3/c23-20(18-11-12-25-15-18)14-22-21(24)13-19(16-7-3-1-4-8-16)17-9-5-2-6-10-17/h1-12,15,19-20,23H,13-14H2,(H,22,24)/t20-/m0/s1. The van der Waals surface area contributed by atoms with Gasteiger partial charge in [0, 0.05) is 24.4 Å². The fourth-order valence-electron chi connectivity index (χ4n) is 2.85. The summed E-state index contributed by atoms with van der Waals surface area (Å²) in [5.41, 5.74) is 2.85. The van der Waals surface area contributed by atoms with Crippen molar-refractivity contribution in [2.24, 2.45) is 0 Å². The van der Waals surface area contributed by atoms with Gasteiger partial charge < -0.3 is 14.8 Å². The number of amides is 1. The summed E-state index contributed by atoms with van der Waals surface area (Å²) in [7, 11) is 0. The molecule has 3 rings (SSSR count). The summed E-state index contributed by atoms with van der Waals surface area (Å²) < 4.78 is 4.95. The first-order valence-electron chi connectivity index (χ1n) is 8.31. The van der Waals surface area contributed by atoms with Gasteiger partial charge in [-0.1, -0.05) is 60.7 Å². The minimum absolute atomic E-state index is 0.0199. The van der Waals surface area contributed by atoms with E-state index in [1.807, 2.05) is 60.7 Å². The van der Waals surface area contributed by atoms with Crippen molar-refractivity contribution in [2.45, 2.75) is 18.4 Å². The van der Waals surface area contributed by atoms with Crippen LogP contribution in [0, 0.1) is 0 Å². The van der Waals surface area contributed by atoms with E-state index in [4.69, 9.17) is 4.42 Å². The van der Waals surface area contributed by atoms with Crippen LogP contribution in [-0.2, 0) is 4.79 Å². The number of nitrogens with one attached hydrogen (secondary N) is 1. The Morgan fingerprint density at radius 2 is 1.52 bits per heavy atom. The van der Waals surface area contributed by atoms with Gasteiger partial charge in [-0.05, 0) is 17.2 Å². The van der Waals surface area contributed by atoms with E-state index >= 15 is 0 Å². The lowest BCUT2D eigenvalue weighted by atomic mass is 9.88. The quantitative estimate of drug-likeness (QED) is 0.693. The summed E-state index contributed by atoms with van der Waals surface area (Å²) in [5.74, 6) is -0.117. The molecule has 1 heterocycles. The first-order chi connectivity index (χ1) is 12.2. The molecule has 4 heteroatoms. The van der Waals surface area contributed by atoms with Crippen molar-refractivity contribution in [2.75, 3.05) is 6.54 Å². The third-order valence-corrected chi connectivity index (χ3v) is 4.21. The zero-order chi connectivity index (χ0) is 17.5. The largest absolute Gasteiger partial charge is 0.472 e. The number of aliphatic hydroxyl groups excluding tert-OH is 1. The summed E-state index contributed by atoms with van der Waals surface area (Å²) in [4.78, 5) is 12.4. The van der Waals surface area contributed by atoms with E-state index < -0.39 is 6.10 Å². The maximum atomic E-state index is 12.4. The third kappa shape index (κ3) is 4.58. The molecular weight excluding hydrogens is 314 g/mol. The van der Waals surface area contributed by atoms with Gasteiger partial charge in [-0.2, -0.15) is 0 Å². The highest BCUT2D eigenvalue weighted by molar-refractivity contribution is 5.77. The number of carbonyl (C=O) groups is 1. The van der Waals surface area contributed by atoms with E-state index in [-0.39, 0.29) is 18.4 Å². The first kappa shape index (κ1) is 17.0. The van der Waals surface area contributed by atoms with Gasteiger partial charge in [0.05, 0.1) is 18.6 Å². The lowest BCUT2D eigenvalue weighted by Crippen LogP contribution is -2.29. The summed E-state index contributed by atoms with van der Waals surface area (Å²) >= 11 is 0. The number of hydrogen-bond donors (Lipinski definition) is 2. The topological polar surface area (TPSA) is 62.5 Å². The molecule has 0 aliphatic carbocycles. The molecule has 4 nitrogen and oxygen atoms in total. The molecule has 3 aromatic rings. The second kappa shape index (κ2) is 8.31. The molecule has 0 aliphatic rings. The van der Waals surface area contributed by atoms with Crippen LogP contribution in [0.4, 0.5) is 0 Å². The number of carbonyl (C=O) groups excluding carboxylic acids is 1. The SMILES string of the molecule is O=C(CC(c1ccccc1)c1ccccc1)NC[C@H](O)c1ccoc1. The lowest BCUT2D eigenvalue weighted by Gasteiger charge is -2.18. The van der Waals surface area contributed by atoms with Gasteiger partial charge in [-0.25, -0.2) is 0 Å². The van der Waals surface area contributed by atoms with Crippen molar-refractivity contribution in [1.82, 2.24) is 5.32 Å². The van der Waals surface area contributed by atoms with Crippen LogP contribution >= 0.6 is 0 Å². The highest BCUT2D eigenvalue weighted by Gasteiger charge is 2.19. The highest BCUT2D eigenvalue weighted by Crippen LogP contribution is 2.27. The minimum Gasteiger partial charge on any atom is -0.472 e. The number of furan rings is 1. The summed E-state index contributed by atoms with van der Waals surface area (Å²) in [6.07, 6.45) is 2.54. The van der Waals surface area contributed by atoms with Crippen molar-refractivity contribution < 1.29 is 14.3 Å². The van der Waals surface area contributed by atoms with Crippen molar-refractivity contribution >= 4 is 5.91 Å². The van der Waals surface area contributed by atoms with Crippen LogP contribution < -0.4 is 5.32 Å². The number of rotatable bonds is 7. The van der Waals surface area contributed by atoms with E-state index in [0.29, 0.717) is 12.0 Å². The molecule has 0 bridgehead atoms. The van der Waals surface area contributed by atoms with Crippen molar-refractivity contribution in [1.29, 1.82) is 0 Å². The van der Waals surface area contributed by atoms with E-state index in [9.17, 15) is 9.90 Å². The Labute approximate surface area is 147 Å². The predicted octanol–water partition coefficient (Wildman–Crippen LogP) is 3.65.